The zero-order valence-electron chi connectivity index (χ0n) is 15.4. The molecule has 0 spiro atoms. The number of nitrogens with one attached hydrogen (secondary N) is 1. The summed E-state index contributed by atoms with van der Waals surface area (Å²) in [6.45, 7) is 1.29. The normalized spacial score (nSPS) is 17.9. The fourth-order valence-electron chi connectivity index (χ4n) is 3.06. The number of nitrogens with zero attached hydrogens (tertiary/aromatic N) is 5. The van der Waals surface area contributed by atoms with E-state index >= 15 is 0 Å². The minimum atomic E-state index is -3.61. The van der Waals surface area contributed by atoms with Gasteiger partial charge in [0.1, 0.15) is 6.20 Å². The summed E-state index contributed by atoms with van der Waals surface area (Å²) in [6.07, 6.45) is 3.11. The second kappa shape index (κ2) is 7.73. The second-order valence-electron chi connectivity index (χ2n) is 6.92. The average molecular weight is 439 g/mol. The van der Waals surface area contributed by atoms with Crippen LogP contribution >= 0.6 is 11.6 Å². The molecule has 2 aromatic rings. The molecule has 1 saturated carbocycles. The van der Waals surface area contributed by atoms with Crippen molar-refractivity contribution in [2.75, 3.05) is 36.4 Å². The quantitative estimate of drug-likeness (QED) is 0.537. The second-order valence-corrected chi connectivity index (χ2v) is 9.30. The van der Waals surface area contributed by atoms with Crippen molar-refractivity contribution < 1.29 is 13.3 Å². The van der Waals surface area contributed by atoms with Crippen molar-refractivity contribution >= 4 is 39.1 Å². The SMILES string of the molecule is O=[N+]([O-])c1cnc(N2CCN(S(=O)(=O)c3ccc(Cl)cc3)CC2)nc1NC1CC1. The lowest BCUT2D eigenvalue weighted by atomic mass is 10.4. The molecule has 0 radical (unpaired) electrons. The molecule has 1 aromatic heterocycles. The fraction of sp³-hybridized carbons (Fsp3) is 0.412. The van der Waals surface area contributed by atoms with Gasteiger partial charge < -0.3 is 10.2 Å². The Morgan fingerprint density at radius 2 is 1.79 bits per heavy atom. The zero-order chi connectivity index (χ0) is 20.6. The lowest BCUT2D eigenvalue weighted by Crippen LogP contribution is -2.49. The van der Waals surface area contributed by atoms with Gasteiger partial charge >= 0.3 is 5.69 Å². The number of nitro groups is 1. The zero-order valence-corrected chi connectivity index (χ0v) is 16.9. The van der Waals surface area contributed by atoms with E-state index in [-0.39, 0.29) is 35.5 Å². The van der Waals surface area contributed by atoms with Gasteiger partial charge in [-0.25, -0.2) is 13.4 Å². The Morgan fingerprint density at radius 3 is 2.38 bits per heavy atom. The average Bonchev–Trinajstić information content (AvgIpc) is 3.52. The summed E-state index contributed by atoms with van der Waals surface area (Å²) in [4.78, 5) is 21.2. The van der Waals surface area contributed by atoms with Crippen LogP contribution < -0.4 is 10.2 Å². The van der Waals surface area contributed by atoms with Gasteiger partial charge in [-0.05, 0) is 37.1 Å². The first kappa shape index (κ1) is 19.8. The van der Waals surface area contributed by atoms with Crippen LogP contribution in [0.5, 0.6) is 0 Å². The van der Waals surface area contributed by atoms with E-state index in [4.69, 9.17) is 11.6 Å². The molecule has 29 heavy (non-hydrogen) atoms. The highest BCUT2D eigenvalue weighted by atomic mass is 35.5. The molecule has 1 aromatic carbocycles. The standard InChI is InChI=1S/C17H19ClN6O4S/c18-12-1-5-14(6-2-12)29(27,28)23-9-7-22(8-10-23)17-19-11-15(24(25)26)16(21-17)20-13-3-4-13/h1-2,5-6,11,13H,3-4,7-10H2,(H,19,20,21). The molecule has 1 aliphatic carbocycles. The van der Waals surface area contributed by atoms with Crippen molar-refractivity contribution in [1.82, 2.24) is 14.3 Å². The van der Waals surface area contributed by atoms with Crippen LogP contribution in [-0.2, 0) is 10.0 Å². The van der Waals surface area contributed by atoms with Gasteiger partial charge in [0, 0.05) is 37.2 Å². The van der Waals surface area contributed by atoms with Gasteiger partial charge in [-0.1, -0.05) is 11.6 Å². The summed E-state index contributed by atoms with van der Waals surface area (Å²) in [5.74, 6) is 0.556. The maximum absolute atomic E-state index is 12.8. The molecule has 10 nitrogen and oxygen atoms in total. The van der Waals surface area contributed by atoms with Crippen molar-refractivity contribution in [3.05, 3.63) is 45.6 Å². The molecule has 0 bridgehead atoms. The molecule has 12 heteroatoms. The van der Waals surface area contributed by atoms with Crippen molar-refractivity contribution in [1.29, 1.82) is 0 Å². The Morgan fingerprint density at radius 1 is 1.14 bits per heavy atom. The van der Waals surface area contributed by atoms with Crippen LogP contribution in [0.3, 0.4) is 0 Å². The summed E-state index contributed by atoms with van der Waals surface area (Å²) >= 11 is 5.84. The van der Waals surface area contributed by atoms with Crippen LogP contribution in [0, 0.1) is 10.1 Å². The van der Waals surface area contributed by atoms with Crippen molar-refractivity contribution in [2.45, 2.75) is 23.8 Å². The van der Waals surface area contributed by atoms with Crippen LogP contribution in [0.25, 0.3) is 0 Å². The van der Waals surface area contributed by atoms with E-state index in [0.29, 0.717) is 24.1 Å². The summed E-state index contributed by atoms with van der Waals surface area (Å²) in [6, 6.07) is 6.27. The first-order valence-corrected chi connectivity index (χ1v) is 10.9. The highest BCUT2D eigenvalue weighted by Crippen LogP contribution is 2.30. The molecule has 1 N–H and O–H groups in total. The lowest BCUT2D eigenvalue weighted by Gasteiger charge is -2.34. The monoisotopic (exact) mass is 438 g/mol. The maximum Gasteiger partial charge on any atom is 0.329 e. The third-order valence-electron chi connectivity index (χ3n) is 4.84. The molecule has 4 rings (SSSR count). The lowest BCUT2D eigenvalue weighted by molar-refractivity contribution is -0.384. The summed E-state index contributed by atoms with van der Waals surface area (Å²) < 4.78 is 27.0. The summed E-state index contributed by atoms with van der Waals surface area (Å²) in [7, 11) is -3.61. The largest absolute Gasteiger partial charge is 0.361 e. The first-order chi connectivity index (χ1) is 13.8. The van der Waals surface area contributed by atoms with Crippen molar-refractivity contribution in [3.8, 4) is 0 Å². The molecular formula is C17H19ClN6O4S. The molecule has 0 amide bonds. The van der Waals surface area contributed by atoms with E-state index in [2.05, 4.69) is 15.3 Å². The molecule has 1 aliphatic heterocycles. The smallest absolute Gasteiger partial charge is 0.329 e. The van der Waals surface area contributed by atoms with Crippen LogP contribution in [0.2, 0.25) is 5.02 Å². The van der Waals surface area contributed by atoms with E-state index in [1.54, 1.807) is 12.1 Å². The number of benzene rings is 1. The van der Waals surface area contributed by atoms with Gasteiger partial charge in [0.15, 0.2) is 0 Å². The van der Waals surface area contributed by atoms with Gasteiger partial charge in [-0.3, -0.25) is 10.1 Å². The molecular weight excluding hydrogens is 420 g/mol. The maximum atomic E-state index is 12.8. The fourth-order valence-corrected chi connectivity index (χ4v) is 4.61. The first-order valence-electron chi connectivity index (χ1n) is 9.13. The Labute approximate surface area is 172 Å². The molecule has 2 aliphatic rings. The molecule has 0 atom stereocenters. The minimum absolute atomic E-state index is 0.162. The van der Waals surface area contributed by atoms with E-state index in [0.717, 1.165) is 12.8 Å². The van der Waals surface area contributed by atoms with Crippen LogP contribution in [0.4, 0.5) is 17.5 Å². The Bertz CT molecular complexity index is 1020. The highest BCUT2D eigenvalue weighted by molar-refractivity contribution is 7.89. The van der Waals surface area contributed by atoms with Crippen molar-refractivity contribution in [2.24, 2.45) is 0 Å². The van der Waals surface area contributed by atoms with Crippen LogP contribution in [0.15, 0.2) is 35.4 Å². The van der Waals surface area contributed by atoms with Gasteiger partial charge in [-0.2, -0.15) is 9.29 Å². The number of halogens is 1. The Hall–Kier alpha value is -2.50. The molecule has 154 valence electrons. The van der Waals surface area contributed by atoms with Gasteiger partial charge in [-0.15, -0.1) is 0 Å². The topological polar surface area (TPSA) is 122 Å². The van der Waals surface area contributed by atoms with Gasteiger partial charge in [0.2, 0.25) is 21.8 Å². The van der Waals surface area contributed by atoms with E-state index in [9.17, 15) is 18.5 Å². The number of piperazine rings is 1. The van der Waals surface area contributed by atoms with Gasteiger partial charge in [0.25, 0.3) is 0 Å². The Kier molecular flexibility index (Phi) is 5.28. The van der Waals surface area contributed by atoms with Crippen LogP contribution in [-0.4, -0.2) is 59.8 Å². The van der Waals surface area contributed by atoms with E-state index in [1.807, 2.05) is 4.90 Å². The molecule has 2 fully saturated rings. The summed E-state index contributed by atoms with van der Waals surface area (Å²) in [5, 5.41) is 14.8. The van der Waals surface area contributed by atoms with Crippen molar-refractivity contribution in [3.63, 3.8) is 0 Å². The number of anilines is 2. The summed E-state index contributed by atoms with van der Waals surface area (Å²) in [5.41, 5.74) is -0.162. The number of rotatable bonds is 6. The number of sulfonamides is 1. The predicted molar refractivity (Wildman–Crippen MR) is 108 cm³/mol. The van der Waals surface area contributed by atoms with Gasteiger partial charge in [0.05, 0.1) is 9.82 Å². The third-order valence-corrected chi connectivity index (χ3v) is 7.01. The Balaban J connectivity index is 1.48. The predicted octanol–water partition coefficient (Wildman–Crippen LogP) is 2.12. The van der Waals surface area contributed by atoms with E-state index in [1.165, 1.54) is 22.6 Å². The van der Waals surface area contributed by atoms with E-state index < -0.39 is 14.9 Å². The molecule has 0 unspecified atom stereocenters. The number of hydrogen-bond donors (Lipinski definition) is 1. The molecule has 1 saturated heterocycles. The number of hydrogen-bond acceptors (Lipinski definition) is 8. The number of aromatic nitrogens is 2. The third kappa shape index (κ3) is 4.26. The molecule has 2 heterocycles. The minimum Gasteiger partial charge on any atom is -0.361 e. The van der Waals surface area contributed by atoms with Crippen LogP contribution in [0.1, 0.15) is 12.8 Å². The highest BCUT2D eigenvalue weighted by Gasteiger charge is 2.31.